The van der Waals surface area contributed by atoms with E-state index in [1.807, 2.05) is 43.3 Å². The standard InChI is InChI=1S/C13H9ClO/c1-8-6-7-10(14)12-9-4-2-3-5-11(9)15-13(8)12/h2-7H,1H3. The van der Waals surface area contributed by atoms with Crippen LogP contribution >= 0.6 is 11.6 Å². The van der Waals surface area contributed by atoms with Crippen LogP contribution in [0.1, 0.15) is 5.56 Å². The molecule has 3 aromatic rings. The van der Waals surface area contributed by atoms with Gasteiger partial charge in [-0.2, -0.15) is 0 Å². The molecule has 2 aromatic carbocycles. The van der Waals surface area contributed by atoms with Gasteiger partial charge < -0.3 is 4.42 Å². The topological polar surface area (TPSA) is 13.1 Å². The third kappa shape index (κ3) is 1.17. The molecular formula is C13H9ClO. The molecule has 1 aromatic heterocycles. The van der Waals surface area contributed by atoms with Gasteiger partial charge >= 0.3 is 0 Å². The monoisotopic (exact) mass is 216 g/mol. The van der Waals surface area contributed by atoms with Crippen molar-refractivity contribution in [2.24, 2.45) is 0 Å². The molecule has 1 nitrogen and oxygen atoms in total. The Morgan fingerprint density at radius 1 is 1.07 bits per heavy atom. The van der Waals surface area contributed by atoms with Gasteiger partial charge in [-0.15, -0.1) is 0 Å². The van der Waals surface area contributed by atoms with Crippen molar-refractivity contribution in [3.05, 3.63) is 47.0 Å². The first-order chi connectivity index (χ1) is 7.27. The smallest absolute Gasteiger partial charge is 0.139 e. The van der Waals surface area contributed by atoms with Crippen LogP contribution in [0.3, 0.4) is 0 Å². The number of halogens is 1. The molecule has 0 saturated carbocycles. The average molecular weight is 217 g/mol. The highest BCUT2D eigenvalue weighted by Crippen LogP contribution is 2.35. The number of furan rings is 1. The number of para-hydroxylation sites is 1. The number of rotatable bonds is 0. The van der Waals surface area contributed by atoms with Gasteiger partial charge in [-0.05, 0) is 24.6 Å². The van der Waals surface area contributed by atoms with Gasteiger partial charge in [0.15, 0.2) is 0 Å². The second-order valence-corrected chi connectivity index (χ2v) is 4.07. The summed E-state index contributed by atoms with van der Waals surface area (Å²) in [6, 6.07) is 11.9. The summed E-state index contributed by atoms with van der Waals surface area (Å²) in [6.45, 7) is 2.03. The van der Waals surface area contributed by atoms with Gasteiger partial charge in [-0.25, -0.2) is 0 Å². The minimum Gasteiger partial charge on any atom is -0.456 e. The van der Waals surface area contributed by atoms with Crippen LogP contribution in [-0.4, -0.2) is 0 Å². The Hall–Kier alpha value is -1.47. The summed E-state index contributed by atoms with van der Waals surface area (Å²) < 4.78 is 5.78. The third-order valence-corrected chi connectivity index (χ3v) is 2.99. The van der Waals surface area contributed by atoms with Gasteiger partial charge in [0.1, 0.15) is 11.2 Å². The van der Waals surface area contributed by atoms with E-state index < -0.39 is 0 Å². The minimum absolute atomic E-state index is 0.751. The predicted molar refractivity (Wildman–Crippen MR) is 63.5 cm³/mol. The fraction of sp³-hybridized carbons (Fsp3) is 0.0769. The number of aryl methyl sites for hydroxylation is 1. The number of hydrogen-bond acceptors (Lipinski definition) is 1. The molecule has 15 heavy (non-hydrogen) atoms. The van der Waals surface area contributed by atoms with E-state index in [0.717, 1.165) is 32.5 Å². The number of hydrogen-bond donors (Lipinski definition) is 0. The van der Waals surface area contributed by atoms with Gasteiger partial charge in [0, 0.05) is 10.8 Å². The van der Waals surface area contributed by atoms with E-state index in [1.165, 1.54) is 0 Å². The highest BCUT2D eigenvalue weighted by Gasteiger charge is 2.10. The van der Waals surface area contributed by atoms with Gasteiger partial charge in [0.25, 0.3) is 0 Å². The molecule has 0 aliphatic rings. The first-order valence-corrected chi connectivity index (χ1v) is 5.21. The zero-order chi connectivity index (χ0) is 10.4. The van der Waals surface area contributed by atoms with Gasteiger partial charge in [0.05, 0.1) is 5.02 Å². The van der Waals surface area contributed by atoms with Gasteiger partial charge in [-0.3, -0.25) is 0 Å². The van der Waals surface area contributed by atoms with E-state index in [1.54, 1.807) is 0 Å². The van der Waals surface area contributed by atoms with E-state index >= 15 is 0 Å². The van der Waals surface area contributed by atoms with Crippen LogP contribution in [0, 0.1) is 6.92 Å². The van der Waals surface area contributed by atoms with E-state index in [0.29, 0.717) is 0 Å². The Bertz CT molecular complexity index is 652. The molecule has 0 spiro atoms. The van der Waals surface area contributed by atoms with Crippen LogP contribution < -0.4 is 0 Å². The zero-order valence-electron chi connectivity index (χ0n) is 8.25. The quantitative estimate of drug-likeness (QED) is 0.537. The van der Waals surface area contributed by atoms with E-state index in [9.17, 15) is 0 Å². The zero-order valence-corrected chi connectivity index (χ0v) is 9.01. The minimum atomic E-state index is 0.751. The van der Waals surface area contributed by atoms with Crippen LogP contribution in [0.4, 0.5) is 0 Å². The molecule has 0 saturated heterocycles. The Balaban J connectivity index is 2.66. The summed E-state index contributed by atoms with van der Waals surface area (Å²) in [5.41, 5.74) is 2.90. The molecular weight excluding hydrogens is 208 g/mol. The second kappa shape index (κ2) is 3.01. The van der Waals surface area contributed by atoms with E-state index in [-0.39, 0.29) is 0 Å². The predicted octanol–water partition coefficient (Wildman–Crippen LogP) is 4.55. The Kier molecular flexibility index (Phi) is 1.77. The maximum atomic E-state index is 6.19. The van der Waals surface area contributed by atoms with Gasteiger partial charge in [0.2, 0.25) is 0 Å². The second-order valence-electron chi connectivity index (χ2n) is 3.67. The molecule has 0 unspecified atom stereocenters. The summed E-state index contributed by atoms with van der Waals surface area (Å²) in [5.74, 6) is 0. The molecule has 0 amide bonds. The van der Waals surface area contributed by atoms with Crippen LogP contribution in [0.2, 0.25) is 5.02 Å². The van der Waals surface area contributed by atoms with Crippen molar-refractivity contribution in [1.29, 1.82) is 0 Å². The molecule has 0 aliphatic carbocycles. The fourth-order valence-electron chi connectivity index (χ4n) is 1.92. The molecule has 0 bridgehead atoms. The largest absolute Gasteiger partial charge is 0.456 e. The lowest BCUT2D eigenvalue weighted by Crippen LogP contribution is -1.73. The molecule has 0 fully saturated rings. The first kappa shape index (κ1) is 8.81. The number of fused-ring (bicyclic) bond motifs is 3. The number of benzene rings is 2. The molecule has 1 heterocycles. The van der Waals surface area contributed by atoms with Gasteiger partial charge in [-0.1, -0.05) is 35.9 Å². The van der Waals surface area contributed by atoms with Crippen molar-refractivity contribution < 1.29 is 4.42 Å². The van der Waals surface area contributed by atoms with Crippen LogP contribution in [0.5, 0.6) is 0 Å². The SMILES string of the molecule is Cc1ccc(Cl)c2c1oc1ccccc12. The highest BCUT2D eigenvalue weighted by atomic mass is 35.5. The maximum absolute atomic E-state index is 6.19. The van der Waals surface area contributed by atoms with Crippen molar-refractivity contribution in [3.63, 3.8) is 0 Å². The van der Waals surface area contributed by atoms with Crippen LogP contribution in [-0.2, 0) is 0 Å². The summed E-state index contributed by atoms with van der Waals surface area (Å²) >= 11 is 6.19. The van der Waals surface area contributed by atoms with Crippen molar-refractivity contribution >= 4 is 33.5 Å². The van der Waals surface area contributed by atoms with E-state index in [4.69, 9.17) is 16.0 Å². The van der Waals surface area contributed by atoms with Crippen molar-refractivity contribution in [2.75, 3.05) is 0 Å². The fourth-order valence-corrected chi connectivity index (χ4v) is 2.17. The summed E-state index contributed by atoms with van der Waals surface area (Å²) in [5, 5.41) is 2.86. The summed E-state index contributed by atoms with van der Waals surface area (Å²) in [6.07, 6.45) is 0. The summed E-state index contributed by atoms with van der Waals surface area (Å²) in [7, 11) is 0. The molecule has 2 heteroatoms. The van der Waals surface area contributed by atoms with Crippen LogP contribution in [0.15, 0.2) is 40.8 Å². The first-order valence-electron chi connectivity index (χ1n) is 4.84. The normalized spacial score (nSPS) is 11.3. The van der Waals surface area contributed by atoms with Crippen molar-refractivity contribution in [1.82, 2.24) is 0 Å². The van der Waals surface area contributed by atoms with E-state index in [2.05, 4.69) is 0 Å². The summed E-state index contributed by atoms with van der Waals surface area (Å²) in [4.78, 5) is 0. The Morgan fingerprint density at radius 2 is 1.87 bits per heavy atom. The highest BCUT2D eigenvalue weighted by molar-refractivity contribution is 6.37. The lowest BCUT2D eigenvalue weighted by atomic mass is 10.1. The molecule has 0 N–H and O–H groups in total. The van der Waals surface area contributed by atoms with Crippen molar-refractivity contribution in [2.45, 2.75) is 6.92 Å². The van der Waals surface area contributed by atoms with Crippen molar-refractivity contribution in [3.8, 4) is 0 Å². The molecule has 0 aliphatic heterocycles. The molecule has 74 valence electrons. The Labute approximate surface area is 92.3 Å². The maximum Gasteiger partial charge on any atom is 0.139 e. The molecule has 0 atom stereocenters. The molecule has 3 rings (SSSR count). The third-order valence-electron chi connectivity index (χ3n) is 2.67. The lowest BCUT2D eigenvalue weighted by Gasteiger charge is -1.96. The lowest BCUT2D eigenvalue weighted by molar-refractivity contribution is 0.666. The Morgan fingerprint density at radius 3 is 2.73 bits per heavy atom. The molecule has 0 radical (unpaired) electrons. The van der Waals surface area contributed by atoms with Crippen LogP contribution in [0.25, 0.3) is 21.9 Å². The average Bonchev–Trinajstić information content (AvgIpc) is 2.64.